The summed E-state index contributed by atoms with van der Waals surface area (Å²) in [6, 6.07) is 0.288. The van der Waals surface area contributed by atoms with Gasteiger partial charge in [0.15, 0.2) is 0 Å². The topological polar surface area (TPSA) is 56.9 Å². The highest BCUT2D eigenvalue weighted by Gasteiger charge is 2.08. The zero-order valence-electron chi connectivity index (χ0n) is 12.2. The highest BCUT2D eigenvalue weighted by atomic mass is 16.5. The van der Waals surface area contributed by atoms with Gasteiger partial charge in [0.05, 0.1) is 19.0 Å². The Balaban J connectivity index is 1.70. The first-order valence-electron chi connectivity index (χ1n) is 7.02. The second kappa shape index (κ2) is 7.69. The molecule has 2 rings (SSSR count). The number of nitrogens with one attached hydrogen (secondary N) is 1. The molecule has 0 radical (unpaired) electrons. The summed E-state index contributed by atoms with van der Waals surface area (Å²) < 4.78 is 9.39. The third-order valence-corrected chi connectivity index (χ3v) is 3.24. The first kappa shape index (κ1) is 14.6. The molecule has 0 spiro atoms. The molecule has 2 aromatic heterocycles. The standard InChI is InChI=1S/C14H23N5O/c1-13(11-20-2)19-10-7-17-14(19)16-5-3-4-8-18-9-6-15-12-18/h6-7,9-10,12-13H,3-5,8,11H2,1-2H3,(H,16,17). The van der Waals surface area contributed by atoms with E-state index in [1.807, 2.05) is 31.1 Å². The number of hydrogen-bond donors (Lipinski definition) is 1. The first-order valence-corrected chi connectivity index (χ1v) is 7.02. The second-order valence-electron chi connectivity index (χ2n) is 4.90. The second-order valence-corrected chi connectivity index (χ2v) is 4.90. The van der Waals surface area contributed by atoms with Crippen LogP contribution in [0.5, 0.6) is 0 Å². The molecule has 0 aliphatic heterocycles. The molecule has 1 N–H and O–H groups in total. The zero-order valence-corrected chi connectivity index (χ0v) is 12.2. The van der Waals surface area contributed by atoms with Crippen LogP contribution in [0.2, 0.25) is 0 Å². The minimum absolute atomic E-state index is 0.288. The number of nitrogens with zero attached hydrogens (tertiary/aromatic N) is 4. The summed E-state index contributed by atoms with van der Waals surface area (Å²) >= 11 is 0. The molecule has 1 atom stereocenters. The number of hydrogen-bond acceptors (Lipinski definition) is 4. The fraction of sp³-hybridized carbons (Fsp3) is 0.571. The molecular weight excluding hydrogens is 254 g/mol. The number of unbranched alkanes of at least 4 members (excludes halogenated alkanes) is 1. The van der Waals surface area contributed by atoms with Crippen LogP contribution < -0.4 is 5.32 Å². The predicted molar refractivity (Wildman–Crippen MR) is 78.8 cm³/mol. The van der Waals surface area contributed by atoms with Gasteiger partial charge in [-0.1, -0.05) is 0 Å². The van der Waals surface area contributed by atoms with Crippen LogP contribution in [0, 0.1) is 0 Å². The first-order chi connectivity index (χ1) is 9.81. The van der Waals surface area contributed by atoms with Crippen molar-refractivity contribution in [2.24, 2.45) is 0 Å². The lowest BCUT2D eigenvalue weighted by Gasteiger charge is -2.16. The van der Waals surface area contributed by atoms with Crippen LogP contribution in [0.25, 0.3) is 0 Å². The van der Waals surface area contributed by atoms with E-state index in [1.165, 1.54) is 0 Å². The highest BCUT2D eigenvalue weighted by Crippen LogP contribution is 2.13. The van der Waals surface area contributed by atoms with Crippen LogP contribution in [0.15, 0.2) is 31.1 Å². The van der Waals surface area contributed by atoms with Gasteiger partial charge in [-0.25, -0.2) is 9.97 Å². The van der Waals surface area contributed by atoms with E-state index in [9.17, 15) is 0 Å². The van der Waals surface area contributed by atoms with Crippen LogP contribution in [0.3, 0.4) is 0 Å². The van der Waals surface area contributed by atoms with Gasteiger partial charge in [-0.15, -0.1) is 0 Å². The van der Waals surface area contributed by atoms with Gasteiger partial charge in [0.25, 0.3) is 0 Å². The molecule has 0 saturated heterocycles. The molecule has 1 unspecified atom stereocenters. The van der Waals surface area contributed by atoms with Crippen LogP contribution in [0.1, 0.15) is 25.8 Å². The lowest BCUT2D eigenvalue weighted by Crippen LogP contribution is -2.15. The SMILES string of the molecule is COCC(C)n1ccnc1NCCCCn1ccnc1. The Labute approximate surface area is 119 Å². The van der Waals surface area contributed by atoms with E-state index in [0.717, 1.165) is 31.9 Å². The molecule has 110 valence electrons. The summed E-state index contributed by atoms with van der Waals surface area (Å²) in [6.07, 6.45) is 11.7. The molecule has 0 aliphatic rings. The van der Waals surface area contributed by atoms with Gasteiger partial charge in [-0.3, -0.25) is 0 Å². The zero-order chi connectivity index (χ0) is 14.2. The van der Waals surface area contributed by atoms with Crippen molar-refractivity contribution in [3.8, 4) is 0 Å². The molecule has 0 amide bonds. The van der Waals surface area contributed by atoms with Crippen molar-refractivity contribution in [2.45, 2.75) is 32.4 Å². The maximum atomic E-state index is 5.18. The van der Waals surface area contributed by atoms with Gasteiger partial charge >= 0.3 is 0 Å². The van der Waals surface area contributed by atoms with Crippen LogP contribution >= 0.6 is 0 Å². The molecule has 2 aromatic rings. The number of methoxy groups -OCH3 is 1. The monoisotopic (exact) mass is 277 g/mol. The average molecular weight is 277 g/mol. The van der Waals surface area contributed by atoms with E-state index in [0.29, 0.717) is 6.61 Å². The molecule has 0 saturated carbocycles. The molecule has 0 bridgehead atoms. The smallest absolute Gasteiger partial charge is 0.203 e. The predicted octanol–water partition coefficient (Wildman–Crippen LogP) is 2.18. The van der Waals surface area contributed by atoms with Gasteiger partial charge in [-0.2, -0.15) is 0 Å². The Hall–Kier alpha value is -1.82. The molecule has 6 heteroatoms. The Bertz CT molecular complexity index is 479. The van der Waals surface area contributed by atoms with E-state index in [2.05, 4.69) is 31.3 Å². The Morgan fingerprint density at radius 2 is 2.20 bits per heavy atom. The summed E-state index contributed by atoms with van der Waals surface area (Å²) in [6.45, 7) is 4.74. The molecule has 2 heterocycles. The third kappa shape index (κ3) is 4.09. The van der Waals surface area contributed by atoms with E-state index in [-0.39, 0.29) is 6.04 Å². The van der Waals surface area contributed by atoms with E-state index in [4.69, 9.17) is 4.74 Å². The van der Waals surface area contributed by atoms with Gasteiger partial charge in [-0.05, 0) is 19.8 Å². The van der Waals surface area contributed by atoms with Gasteiger partial charge in [0, 0.05) is 45.0 Å². The molecule has 6 nitrogen and oxygen atoms in total. The number of ether oxygens (including phenoxy) is 1. The van der Waals surface area contributed by atoms with Crippen LogP contribution in [-0.2, 0) is 11.3 Å². The number of rotatable bonds is 9. The lowest BCUT2D eigenvalue weighted by molar-refractivity contribution is 0.163. The van der Waals surface area contributed by atoms with Crippen molar-refractivity contribution in [2.75, 3.05) is 25.6 Å². The maximum absolute atomic E-state index is 5.18. The fourth-order valence-electron chi connectivity index (χ4n) is 2.17. The largest absolute Gasteiger partial charge is 0.383 e. The Kier molecular flexibility index (Phi) is 5.61. The van der Waals surface area contributed by atoms with Crippen molar-refractivity contribution in [3.05, 3.63) is 31.1 Å². The Morgan fingerprint density at radius 3 is 2.95 bits per heavy atom. The Morgan fingerprint density at radius 1 is 1.30 bits per heavy atom. The average Bonchev–Trinajstić information content (AvgIpc) is 3.09. The number of anilines is 1. The normalized spacial score (nSPS) is 12.5. The van der Waals surface area contributed by atoms with E-state index >= 15 is 0 Å². The van der Waals surface area contributed by atoms with Gasteiger partial charge < -0.3 is 19.2 Å². The lowest BCUT2D eigenvalue weighted by atomic mass is 10.3. The summed E-state index contributed by atoms with van der Waals surface area (Å²) in [7, 11) is 1.72. The van der Waals surface area contributed by atoms with Crippen molar-refractivity contribution in [1.82, 2.24) is 19.1 Å². The third-order valence-electron chi connectivity index (χ3n) is 3.24. The molecular formula is C14H23N5O. The van der Waals surface area contributed by atoms with Crippen molar-refractivity contribution in [3.63, 3.8) is 0 Å². The van der Waals surface area contributed by atoms with Gasteiger partial charge in [0.2, 0.25) is 5.95 Å². The number of aromatic nitrogens is 4. The van der Waals surface area contributed by atoms with Crippen molar-refractivity contribution < 1.29 is 4.74 Å². The van der Waals surface area contributed by atoms with Crippen molar-refractivity contribution >= 4 is 5.95 Å². The fourth-order valence-corrected chi connectivity index (χ4v) is 2.17. The minimum Gasteiger partial charge on any atom is -0.383 e. The van der Waals surface area contributed by atoms with E-state index < -0.39 is 0 Å². The molecule has 0 aliphatic carbocycles. The molecule has 20 heavy (non-hydrogen) atoms. The quantitative estimate of drug-likeness (QED) is 0.714. The molecule has 0 aromatic carbocycles. The summed E-state index contributed by atoms with van der Waals surface area (Å²) in [5.41, 5.74) is 0. The van der Waals surface area contributed by atoms with Crippen LogP contribution in [-0.4, -0.2) is 39.4 Å². The number of aryl methyl sites for hydroxylation is 1. The summed E-state index contributed by atoms with van der Waals surface area (Å²) in [5.74, 6) is 0.914. The minimum atomic E-state index is 0.288. The summed E-state index contributed by atoms with van der Waals surface area (Å²) in [5, 5.41) is 3.38. The highest BCUT2D eigenvalue weighted by molar-refractivity contribution is 5.26. The molecule has 0 fully saturated rings. The van der Waals surface area contributed by atoms with Gasteiger partial charge in [0.1, 0.15) is 0 Å². The van der Waals surface area contributed by atoms with Crippen molar-refractivity contribution in [1.29, 1.82) is 0 Å². The summed E-state index contributed by atoms with van der Waals surface area (Å²) in [4.78, 5) is 8.38. The van der Waals surface area contributed by atoms with E-state index in [1.54, 1.807) is 7.11 Å². The number of imidazole rings is 2. The van der Waals surface area contributed by atoms with Crippen LogP contribution in [0.4, 0.5) is 5.95 Å². The maximum Gasteiger partial charge on any atom is 0.203 e.